The Morgan fingerprint density at radius 2 is 2.17 bits per heavy atom. The summed E-state index contributed by atoms with van der Waals surface area (Å²) >= 11 is 0. The summed E-state index contributed by atoms with van der Waals surface area (Å²) in [6.45, 7) is 6.19. The van der Waals surface area contributed by atoms with Gasteiger partial charge >= 0.3 is 0 Å². The molecule has 0 atom stereocenters. The fraction of sp³-hybridized carbons (Fsp3) is 0.500. The summed E-state index contributed by atoms with van der Waals surface area (Å²) in [7, 11) is 1.66. The van der Waals surface area contributed by atoms with Crippen molar-refractivity contribution in [2.75, 3.05) is 20.2 Å². The Bertz CT molecular complexity index is 453. The molecule has 2 rings (SSSR count). The highest BCUT2D eigenvalue weighted by Gasteiger charge is 2.24. The minimum atomic E-state index is 0.121. The van der Waals surface area contributed by atoms with Gasteiger partial charge in [0.05, 0.1) is 13.0 Å². The first kappa shape index (κ1) is 12.9. The van der Waals surface area contributed by atoms with E-state index in [1.807, 2.05) is 19.9 Å². The zero-order chi connectivity index (χ0) is 13.1. The van der Waals surface area contributed by atoms with Crippen LogP contribution in [0.2, 0.25) is 0 Å². The Balaban J connectivity index is 2.05. The molecule has 1 fully saturated rings. The van der Waals surface area contributed by atoms with E-state index >= 15 is 0 Å². The Morgan fingerprint density at radius 3 is 2.72 bits per heavy atom. The van der Waals surface area contributed by atoms with E-state index in [2.05, 4.69) is 16.7 Å². The van der Waals surface area contributed by atoms with Crippen LogP contribution < -0.4 is 15.4 Å². The van der Waals surface area contributed by atoms with Gasteiger partial charge in [0.2, 0.25) is 5.91 Å². The van der Waals surface area contributed by atoms with Crippen LogP contribution in [0.3, 0.4) is 0 Å². The molecule has 4 heteroatoms. The van der Waals surface area contributed by atoms with Crippen LogP contribution in [0, 0.1) is 19.8 Å². The summed E-state index contributed by atoms with van der Waals surface area (Å²) in [4.78, 5) is 11.8. The Hall–Kier alpha value is -1.55. The number of methoxy groups -OCH3 is 1. The first-order valence-electron chi connectivity index (χ1n) is 6.24. The van der Waals surface area contributed by atoms with Crippen molar-refractivity contribution < 1.29 is 9.53 Å². The quantitative estimate of drug-likeness (QED) is 0.840. The van der Waals surface area contributed by atoms with E-state index in [1.165, 1.54) is 5.56 Å². The lowest BCUT2D eigenvalue weighted by Crippen LogP contribution is -2.50. The first-order chi connectivity index (χ1) is 8.61. The monoisotopic (exact) mass is 248 g/mol. The number of nitrogens with one attached hydrogen (secondary N) is 2. The summed E-state index contributed by atoms with van der Waals surface area (Å²) in [5, 5.41) is 6.07. The van der Waals surface area contributed by atoms with Crippen molar-refractivity contribution in [2.24, 2.45) is 5.92 Å². The van der Waals surface area contributed by atoms with Gasteiger partial charge in [-0.25, -0.2) is 0 Å². The predicted molar refractivity (Wildman–Crippen MR) is 70.7 cm³/mol. The van der Waals surface area contributed by atoms with Gasteiger partial charge in [-0.05, 0) is 31.0 Å². The van der Waals surface area contributed by atoms with Crippen molar-refractivity contribution in [3.05, 3.63) is 28.8 Å². The molecule has 1 saturated heterocycles. The number of hydrogen-bond donors (Lipinski definition) is 2. The van der Waals surface area contributed by atoms with Gasteiger partial charge in [0, 0.05) is 25.2 Å². The molecule has 0 spiro atoms. The maximum absolute atomic E-state index is 11.8. The van der Waals surface area contributed by atoms with Crippen molar-refractivity contribution in [3.63, 3.8) is 0 Å². The zero-order valence-corrected chi connectivity index (χ0v) is 11.2. The van der Waals surface area contributed by atoms with Gasteiger partial charge in [0.15, 0.2) is 0 Å². The third-order valence-electron chi connectivity index (χ3n) is 3.39. The highest BCUT2D eigenvalue weighted by molar-refractivity contribution is 5.80. The highest BCUT2D eigenvalue weighted by atomic mass is 16.5. The molecule has 2 N–H and O–H groups in total. The molecule has 1 aromatic carbocycles. The minimum Gasteiger partial charge on any atom is -0.496 e. The van der Waals surface area contributed by atoms with Gasteiger partial charge in [-0.15, -0.1) is 0 Å². The number of rotatable bonds is 4. The number of carbonyl (C=O) groups excluding carboxylic acids is 1. The fourth-order valence-electron chi connectivity index (χ4n) is 2.16. The first-order valence-corrected chi connectivity index (χ1v) is 6.24. The second kappa shape index (κ2) is 5.40. The van der Waals surface area contributed by atoms with Gasteiger partial charge in [-0.3, -0.25) is 4.79 Å². The predicted octanol–water partition coefficient (Wildman–Crippen LogP) is 1.15. The summed E-state index contributed by atoms with van der Waals surface area (Å²) < 4.78 is 5.38. The van der Waals surface area contributed by atoms with Crippen LogP contribution in [-0.4, -0.2) is 26.1 Å². The smallest absolute Gasteiger partial charge is 0.225 e. The second-order valence-electron chi connectivity index (χ2n) is 4.84. The van der Waals surface area contributed by atoms with Crippen molar-refractivity contribution in [1.82, 2.24) is 10.6 Å². The molecule has 1 aliphatic heterocycles. The standard InChI is InChI=1S/C14H20N2O2/c1-9-4-10(2)12(13(5-9)18-3)8-16-14(17)11-6-15-7-11/h4-5,11,15H,6-8H2,1-3H3,(H,16,17). The fourth-order valence-corrected chi connectivity index (χ4v) is 2.16. The number of aryl methyl sites for hydroxylation is 2. The van der Waals surface area contributed by atoms with Crippen molar-refractivity contribution in [3.8, 4) is 5.75 Å². The van der Waals surface area contributed by atoms with Crippen LogP contribution in [0.1, 0.15) is 16.7 Å². The molecule has 1 amide bonds. The lowest BCUT2D eigenvalue weighted by atomic mass is 10.0. The van der Waals surface area contributed by atoms with Crippen LogP contribution in [-0.2, 0) is 11.3 Å². The topological polar surface area (TPSA) is 50.4 Å². The van der Waals surface area contributed by atoms with Crippen LogP contribution in [0.5, 0.6) is 5.75 Å². The number of carbonyl (C=O) groups is 1. The Labute approximate surface area is 108 Å². The van der Waals surface area contributed by atoms with Crippen LogP contribution in [0.15, 0.2) is 12.1 Å². The van der Waals surface area contributed by atoms with E-state index < -0.39 is 0 Å². The summed E-state index contributed by atoms with van der Waals surface area (Å²) in [6, 6.07) is 4.11. The molecule has 1 aromatic rings. The molecule has 0 radical (unpaired) electrons. The molecule has 4 nitrogen and oxygen atoms in total. The zero-order valence-electron chi connectivity index (χ0n) is 11.2. The average molecular weight is 248 g/mol. The van der Waals surface area contributed by atoms with Gasteiger partial charge < -0.3 is 15.4 Å². The van der Waals surface area contributed by atoms with E-state index in [0.717, 1.165) is 30.0 Å². The molecule has 1 aliphatic rings. The summed E-state index contributed by atoms with van der Waals surface area (Å²) in [5.41, 5.74) is 3.38. The molecule has 18 heavy (non-hydrogen) atoms. The molecule has 0 bridgehead atoms. The Morgan fingerprint density at radius 1 is 1.44 bits per heavy atom. The van der Waals surface area contributed by atoms with Gasteiger partial charge in [0.25, 0.3) is 0 Å². The van der Waals surface area contributed by atoms with Crippen LogP contribution >= 0.6 is 0 Å². The molecule has 0 unspecified atom stereocenters. The maximum atomic E-state index is 11.8. The minimum absolute atomic E-state index is 0.121. The van der Waals surface area contributed by atoms with Crippen molar-refractivity contribution in [1.29, 1.82) is 0 Å². The number of amides is 1. The highest BCUT2D eigenvalue weighted by Crippen LogP contribution is 2.24. The number of benzene rings is 1. The third-order valence-corrected chi connectivity index (χ3v) is 3.39. The molecular formula is C14H20N2O2. The number of ether oxygens (including phenoxy) is 1. The van der Waals surface area contributed by atoms with Crippen LogP contribution in [0.25, 0.3) is 0 Å². The summed E-state index contributed by atoms with van der Waals surface area (Å²) in [5.74, 6) is 1.09. The van der Waals surface area contributed by atoms with Gasteiger partial charge in [0.1, 0.15) is 5.75 Å². The lowest BCUT2D eigenvalue weighted by molar-refractivity contribution is -0.126. The van der Waals surface area contributed by atoms with E-state index in [1.54, 1.807) is 7.11 Å². The van der Waals surface area contributed by atoms with Gasteiger partial charge in [-0.2, -0.15) is 0 Å². The SMILES string of the molecule is COc1cc(C)cc(C)c1CNC(=O)C1CNC1. The maximum Gasteiger partial charge on any atom is 0.225 e. The van der Waals surface area contributed by atoms with E-state index in [4.69, 9.17) is 4.74 Å². The lowest BCUT2D eigenvalue weighted by Gasteiger charge is -2.26. The van der Waals surface area contributed by atoms with Crippen molar-refractivity contribution in [2.45, 2.75) is 20.4 Å². The van der Waals surface area contributed by atoms with Crippen LogP contribution in [0.4, 0.5) is 0 Å². The molecule has 0 saturated carbocycles. The Kier molecular flexibility index (Phi) is 3.87. The molecular weight excluding hydrogens is 228 g/mol. The van der Waals surface area contributed by atoms with E-state index in [9.17, 15) is 4.79 Å². The molecule has 0 aromatic heterocycles. The summed E-state index contributed by atoms with van der Waals surface area (Å²) in [6.07, 6.45) is 0. The normalized spacial score (nSPS) is 15.1. The van der Waals surface area contributed by atoms with E-state index in [-0.39, 0.29) is 11.8 Å². The largest absolute Gasteiger partial charge is 0.496 e. The van der Waals surface area contributed by atoms with Gasteiger partial charge in [-0.1, -0.05) is 6.07 Å². The average Bonchev–Trinajstić information content (AvgIpc) is 2.24. The molecule has 1 heterocycles. The number of hydrogen-bond acceptors (Lipinski definition) is 3. The second-order valence-corrected chi connectivity index (χ2v) is 4.84. The third kappa shape index (κ3) is 2.64. The molecule has 98 valence electrons. The molecule has 0 aliphatic carbocycles. The van der Waals surface area contributed by atoms with Crippen molar-refractivity contribution >= 4 is 5.91 Å². The van der Waals surface area contributed by atoms with E-state index in [0.29, 0.717) is 6.54 Å².